The van der Waals surface area contributed by atoms with Crippen LogP contribution in [-0.2, 0) is 18.4 Å². The minimum Gasteiger partial charge on any atom is -0.354 e. The summed E-state index contributed by atoms with van der Waals surface area (Å²) in [6.07, 6.45) is 7.59. The fraction of sp³-hybridized carbons (Fsp3) is 0.733. The molecule has 0 unspecified atom stereocenters. The number of hydrogen-bond donors (Lipinski definition) is 2. The smallest absolute Gasteiger partial charge is 0.241 e. The van der Waals surface area contributed by atoms with Gasteiger partial charge in [-0.2, -0.15) is 5.10 Å². The Bertz CT molecular complexity index is 538. The highest BCUT2D eigenvalue weighted by Crippen LogP contribution is 2.17. The van der Waals surface area contributed by atoms with E-state index in [9.17, 15) is 4.79 Å². The lowest BCUT2D eigenvalue weighted by Gasteiger charge is -2.25. The largest absolute Gasteiger partial charge is 0.354 e. The predicted molar refractivity (Wildman–Crippen MR) is 104 cm³/mol. The summed E-state index contributed by atoms with van der Waals surface area (Å²) in [4.78, 5) is 22.1. The van der Waals surface area contributed by atoms with E-state index in [-0.39, 0.29) is 36.4 Å². The second-order valence-corrected chi connectivity index (χ2v) is 6.09. The number of halogens is 1. The predicted octanol–water partition coefficient (Wildman–Crippen LogP) is 0.889. The van der Waals surface area contributed by atoms with E-state index in [1.54, 1.807) is 23.7 Å². The van der Waals surface area contributed by atoms with E-state index in [4.69, 9.17) is 0 Å². The molecular formula is C15H28IN7O. The monoisotopic (exact) mass is 449 g/mol. The zero-order valence-corrected chi connectivity index (χ0v) is 17.0. The standard InChI is InChI=1S/C15H27N7O.HI/c1-21(2)14(23)10-17-15(20-12-7-5-4-6-8-12)16-9-13-18-11-19-22(13)3;/h11-12H,4-10H2,1-3H3,(H2,16,17,20);1H. The van der Waals surface area contributed by atoms with Gasteiger partial charge < -0.3 is 15.5 Å². The number of nitrogens with one attached hydrogen (secondary N) is 2. The molecule has 8 nitrogen and oxygen atoms in total. The van der Waals surface area contributed by atoms with E-state index >= 15 is 0 Å². The second kappa shape index (κ2) is 10.5. The summed E-state index contributed by atoms with van der Waals surface area (Å²) in [6.45, 7) is 0.652. The molecule has 0 radical (unpaired) electrons. The van der Waals surface area contributed by atoms with Crippen molar-refractivity contribution in [2.75, 3.05) is 20.6 Å². The number of rotatable bonds is 5. The van der Waals surface area contributed by atoms with Crippen molar-refractivity contribution in [1.29, 1.82) is 0 Å². The zero-order valence-electron chi connectivity index (χ0n) is 14.7. The van der Waals surface area contributed by atoms with Crippen LogP contribution in [0.4, 0.5) is 0 Å². The molecule has 2 rings (SSSR count). The van der Waals surface area contributed by atoms with Crippen LogP contribution in [0.3, 0.4) is 0 Å². The first kappa shape index (κ1) is 20.7. The summed E-state index contributed by atoms with van der Waals surface area (Å²) < 4.78 is 1.70. The molecule has 0 spiro atoms. The first-order chi connectivity index (χ1) is 11.1. The Morgan fingerprint density at radius 1 is 1.38 bits per heavy atom. The molecule has 1 saturated carbocycles. The highest BCUT2D eigenvalue weighted by molar-refractivity contribution is 14.0. The highest BCUT2D eigenvalue weighted by Gasteiger charge is 2.15. The molecule has 1 aromatic rings. The van der Waals surface area contributed by atoms with Gasteiger partial charge >= 0.3 is 0 Å². The summed E-state index contributed by atoms with van der Waals surface area (Å²) in [7, 11) is 5.33. The number of aryl methyl sites for hydroxylation is 1. The summed E-state index contributed by atoms with van der Waals surface area (Å²) in [5, 5.41) is 10.6. The molecule has 24 heavy (non-hydrogen) atoms. The van der Waals surface area contributed by atoms with Gasteiger partial charge in [0.05, 0.1) is 6.54 Å². The van der Waals surface area contributed by atoms with Crippen LogP contribution in [0.15, 0.2) is 11.3 Å². The van der Waals surface area contributed by atoms with Gasteiger partial charge in [-0.3, -0.25) is 9.48 Å². The molecule has 0 aromatic carbocycles. The molecule has 9 heteroatoms. The Kier molecular flexibility index (Phi) is 9.01. The van der Waals surface area contributed by atoms with Crippen LogP contribution in [0.25, 0.3) is 0 Å². The van der Waals surface area contributed by atoms with Crippen molar-refractivity contribution in [1.82, 2.24) is 30.3 Å². The van der Waals surface area contributed by atoms with Crippen molar-refractivity contribution in [3.8, 4) is 0 Å². The van der Waals surface area contributed by atoms with Crippen molar-refractivity contribution in [3.05, 3.63) is 12.2 Å². The average molecular weight is 449 g/mol. The van der Waals surface area contributed by atoms with Crippen LogP contribution < -0.4 is 10.6 Å². The number of nitrogens with zero attached hydrogens (tertiary/aromatic N) is 5. The van der Waals surface area contributed by atoms with Crippen molar-refractivity contribution in [2.45, 2.75) is 44.7 Å². The van der Waals surface area contributed by atoms with Crippen molar-refractivity contribution >= 4 is 35.8 Å². The maximum atomic E-state index is 11.8. The summed E-state index contributed by atoms with van der Waals surface area (Å²) in [6, 6.07) is 0.420. The van der Waals surface area contributed by atoms with Gasteiger partial charge in [0, 0.05) is 27.2 Å². The first-order valence-corrected chi connectivity index (χ1v) is 8.14. The van der Waals surface area contributed by atoms with E-state index in [0.717, 1.165) is 18.7 Å². The number of amides is 1. The molecule has 1 aromatic heterocycles. The summed E-state index contributed by atoms with van der Waals surface area (Å²) >= 11 is 0. The molecule has 1 fully saturated rings. The number of aliphatic imine (C=N–C) groups is 1. The summed E-state index contributed by atoms with van der Waals surface area (Å²) in [5.41, 5.74) is 0. The van der Waals surface area contributed by atoms with Crippen molar-refractivity contribution < 1.29 is 4.79 Å². The Labute approximate surface area is 160 Å². The van der Waals surface area contributed by atoms with Gasteiger partial charge in [0.15, 0.2) is 5.96 Å². The van der Waals surface area contributed by atoms with E-state index in [1.807, 2.05) is 7.05 Å². The molecule has 1 aliphatic rings. The minimum atomic E-state index is 0. The van der Waals surface area contributed by atoms with Crippen LogP contribution in [0.1, 0.15) is 37.9 Å². The number of aromatic nitrogens is 3. The molecule has 0 aliphatic heterocycles. The minimum absolute atomic E-state index is 0. The fourth-order valence-corrected chi connectivity index (χ4v) is 2.52. The average Bonchev–Trinajstić information content (AvgIpc) is 2.95. The third kappa shape index (κ3) is 6.62. The Hall–Kier alpha value is -1.39. The van der Waals surface area contributed by atoms with Gasteiger partial charge in [-0.25, -0.2) is 9.98 Å². The Morgan fingerprint density at radius 3 is 2.67 bits per heavy atom. The zero-order chi connectivity index (χ0) is 16.7. The molecule has 136 valence electrons. The third-order valence-electron chi connectivity index (χ3n) is 4.04. The SMILES string of the molecule is CN(C)C(=O)CNC(=NCc1ncnn1C)NC1CCCCC1.I. The maximum absolute atomic E-state index is 11.8. The first-order valence-electron chi connectivity index (χ1n) is 8.14. The Morgan fingerprint density at radius 2 is 2.08 bits per heavy atom. The van der Waals surface area contributed by atoms with Crippen LogP contribution in [0.5, 0.6) is 0 Å². The lowest BCUT2D eigenvalue weighted by molar-refractivity contribution is -0.127. The maximum Gasteiger partial charge on any atom is 0.241 e. The highest BCUT2D eigenvalue weighted by atomic mass is 127. The Balaban J connectivity index is 0.00000288. The van der Waals surface area contributed by atoms with E-state index < -0.39 is 0 Å². The lowest BCUT2D eigenvalue weighted by Crippen LogP contribution is -2.47. The van der Waals surface area contributed by atoms with E-state index in [0.29, 0.717) is 18.5 Å². The molecular weight excluding hydrogens is 421 g/mol. The summed E-state index contributed by atoms with van der Waals surface area (Å²) in [5.74, 6) is 1.46. The third-order valence-corrected chi connectivity index (χ3v) is 4.04. The quantitative estimate of drug-likeness (QED) is 0.396. The van der Waals surface area contributed by atoms with Gasteiger partial charge in [-0.15, -0.1) is 24.0 Å². The van der Waals surface area contributed by atoms with E-state index in [2.05, 4.69) is 25.7 Å². The second-order valence-electron chi connectivity index (χ2n) is 6.09. The number of likely N-dealkylation sites (N-methyl/N-ethyl adjacent to an activating group) is 1. The van der Waals surface area contributed by atoms with Crippen molar-refractivity contribution in [2.24, 2.45) is 12.0 Å². The number of guanidine groups is 1. The lowest BCUT2D eigenvalue weighted by atomic mass is 9.96. The van der Waals surface area contributed by atoms with Crippen LogP contribution in [0, 0.1) is 0 Å². The molecule has 1 heterocycles. The van der Waals surface area contributed by atoms with Gasteiger partial charge in [0.1, 0.15) is 18.7 Å². The number of carbonyl (C=O) groups excluding carboxylic acids is 1. The molecule has 2 N–H and O–H groups in total. The number of carbonyl (C=O) groups is 1. The topological polar surface area (TPSA) is 87.4 Å². The molecule has 1 aliphatic carbocycles. The molecule has 0 saturated heterocycles. The van der Waals surface area contributed by atoms with Crippen LogP contribution in [0.2, 0.25) is 0 Å². The van der Waals surface area contributed by atoms with Crippen LogP contribution >= 0.6 is 24.0 Å². The van der Waals surface area contributed by atoms with Gasteiger partial charge in [0.25, 0.3) is 0 Å². The van der Waals surface area contributed by atoms with Crippen molar-refractivity contribution in [3.63, 3.8) is 0 Å². The molecule has 0 atom stereocenters. The van der Waals surface area contributed by atoms with E-state index in [1.165, 1.54) is 25.6 Å². The van der Waals surface area contributed by atoms with Gasteiger partial charge in [-0.1, -0.05) is 19.3 Å². The molecule has 0 bridgehead atoms. The van der Waals surface area contributed by atoms with Crippen LogP contribution in [-0.4, -0.2) is 58.2 Å². The van der Waals surface area contributed by atoms with Gasteiger partial charge in [0.2, 0.25) is 5.91 Å². The normalized spacial score (nSPS) is 15.5. The van der Waals surface area contributed by atoms with Gasteiger partial charge in [-0.05, 0) is 12.8 Å². The fourth-order valence-electron chi connectivity index (χ4n) is 2.52. The molecule has 1 amide bonds. The number of hydrogen-bond acceptors (Lipinski definition) is 4.